The minimum atomic E-state index is 0.912. The van der Waals surface area contributed by atoms with Gasteiger partial charge in [-0.2, -0.15) is 0 Å². The zero-order valence-corrected chi connectivity index (χ0v) is 10.2. The zero-order chi connectivity index (χ0) is 10.8. The SMILES string of the molecule is CCCCC/C=C\CCCOCC1CC1. The zero-order valence-electron chi connectivity index (χ0n) is 10.2. The number of allylic oxidation sites excluding steroid dienone is 2. The maximum absolute atomic E-state index is 5.57. The number of unbranched alkanes of at least 4 members (excludes halogenated alkanes) is 4. The average molecular weight is 210 g/mol. The molecule has 88 valence electrons. The van der Waals surface area contributed by atoms with Crippen LogP contribution in [0.25, 0.3) is 0 Å². The van der Waals surface area contributed by atoms with Gasteiger partial charge in [-0.3, -0.25) is 0 Å². The Morgan fingerprint density at radius 3 is 2.47 bits per heavy atom. The summed E-state index contributed by atoms with van der Waals surface area (Å²) in [5, 5.41) is 0. The molecule has 0 aromatic heterocycles. The molecule has 1 heteroatoms. The topological polar surface area (TPSA) is 9.23 Å². The minimum Gasteiger partial charge on any atom is -0.381 e. The molecule has 0 unspecified atom stereocenters. The molecule has 1 saturated carbocycles. The van der Waals surface area contributed by atoms with Gasteiger partial charge in [0.25, 0.3) is 0 Å². The maximum Gasteiger partial charge on any atom is 0.0494 e. The molecule has 1 rings (SSSR count). The molecule has 1 aliphatic rings. The summed E-state index contributed by atoms with van der Waals surface area (Å²) < 4.78 is 5.57. The predicted molar refractivity (Wildman–Crippen MR) is 66.1 cm³/mol. The molecular weight excluding hydrogens is 184 g/mol. The lowest BCUT2D eigenvalue weighted by molar-refractivity contribution is 0.123. The van der Waals surface area contributed by atoms with E-state index in [-0.39, 0.29) is 0 Å². The summed E-state index contributed by atoms with van der Waals surface area (Å²) in [7, 11) is 0. The standard InChI is InChI=1S/C14H26O/c1-2-3-4-5-6-7-8-9-12-15-13-14-10-11-14/h6-7,14H,2-5,8-13H2,1H3/b7-6-. The summed E-state index contributed by atoms with van der Waals surface area (Å²) in [6, 6.07) is 0. The Morgan fingerprint density at radius 1 is 1.07 bits per heavy atom. The third-order valence-corrected chi connectivity index (χ3v) is 2.85. The fraction of sp³-hybridized carbons (Fsp3) is 0.857. The van der Waals surface area contributed by atoms with E-state index in [1.807, 2.05) is 0 Å². The van der Waals surface area contributed by atoms with Crippen LogP contribution in [0.1, 0.15) is 58.3 Å². The molecule has 0 N–H and O–H groups in total. The molecule has 1 fully saturated rings. The summed E-state index contributed by atoms with van der Waals surface area (Å²) >= 11 is 0. The molecular formula is C14H26O. The first-order valence-electron chi connectivity index (χ1n) is 6.66. The van der Waals surface area contributed by atoms with Gasteiger partial charge >= 0.3 is 0 Å². The van der Waals surface area contributed by atoms with E-state index in [1.165, 1.54) is 51.4 Å². The summed E-state index contributed by atoms with van der Waals surface area (Å²) in [6.07, 6.45) is 15.1. The molecule has 1 nitrogen and oxygen atoms in total. The fourth-order valence-corrected chi connectivity index (χ4v) is 1.59. The molecule has 0 saturated heterocycles. The predicted octanol–water partition coefficient (Wildman–Crippen LogP) is 4.33. The fourth-order valence-electron chi connectivity index (χ4n) is 1.59. The molecule has 0 heterocycles. The van der Waals surface area contributed by atoms with Crippen molar-refractivity contribution in [1.82, 2.24) is 0 Å². The van der Waals surface area contributed by atoms with Crippen LogP contribution >= 0.6 is 0 Å². The Kier molecular flexibility index (Phi) is 7.63. The molecule has 0 spiro atoms. The van der Waals surface area contributed by atoms with E-state index in [2.05, 4.69) is 19.1 Å². The lowest BCUT2D eigenvalue weighted by Crippen LogP contribution is -1.97. The van der Waals surface area contributed by atoms with E-state index < -0.39 is 0 Å². The average Bonchev–Trinajstić information content (AvgIpc) is 3.05. The van der Waals surface area contributed by atoms with Crippen molar-refractivity contribution in [1.29, 1.82) is 0 Å². The molecule has 0 aromatic carbocycles. The van der Waals surface area contributed by atoms with Gasteiger partial charge in [0.05, 0.1) is 0 Å². The van der Waals surface area contributed by atoms with Gasteiger partial charge in [0, 0.05) is 13.2 Å². The van der Waals surface area contributed by atoms with Gasteiger partial charge in [0.2, 0.25) is 0 Å². The maximum atomic E-state index is 5.57. The summed E-state index contributed by atoms with van der Waals surface area (Å²) in [5.41, 5.74) is 0. The van der Waals surface area contributed by atoms with Crippen LogP contribution in [-0.2, 0) is 4.74 Å². The van der Waals surface area contributed by atoms with Gasteiger partial charge in [0.1, 0.15) is 0 Å². The van der Waals surface area contributed by atoms with Gasteiger partial charge in [0.15, 0.2) is 0 Å². The van der Waals surface area contributed by atoms with E-state index in [0.717, 1.165) is 19.1 Å². The highest BCUT2D eigenvalue weighted by Gasteiger charge is 2.20. The van der Waals surface area contributed by atoms with E-state index in [9.17, 15) is 0 Å². The molecule has 0 aromatic rings. The second kappa shape index (κ2) is 8.96. The van der Waals surface area contributed by atoms with Crippen molar-refractivity contribution in [2.45, 2.75) is 58.3 Å². The van der Waals surface area contributed by atoms with Crippen LogP contribution in [0.3, 0.4) is 0 Å². The lowest BCUT2D eigenvalue weighted by Gasteiger charge is -2.00. The highest BCUT2D eigenvalue weighted by Crippen LogP contribution is 2.28. The van der Waals surface area contributed by atoms with Crippen molar-refractivity contribution >= 4 is 0 Å². The molecule has 0 radical (unpaired) electrons. The van der Waals surface area contributed by atoms with Gasteiger partial charge < -0.3 is 4.74 Å². The Balaban J connectivity index is 1.71. The third-order valence-electron chi connectivity index (χ3n) is 2.85. The second-order valence-electron chi connectivity index (χ2n) is 4.63. The van der Waals surface area contributed by atoms with Crippen LogP contribution in [0, 0.1) is 5.92 Å². The molecule has 0 amide bonds. The van der Waals surface area contributed by atoms with Gasteiger partial charge in [-0.15, -0.1) is 0 Å². The van der Waals surface area contributed by atoms with Gasteiger partial charge in [-0.25, -0.2) is 0 Å². The summed E-state index contributed by atoms with van der Waals surface area (Å²) in [6.45, 7) is 4.22. The largest absolute Gasteiger partial charge is 0.381 e. The Labute approximate surface area is 94.9 Å². The first-order valence-corrected chi connectivity index (χ1v) is 6.66. The van der Waals surface area contributed by atoms with Crippen LogP contribution in [0.5, 0.6) is 0 Å². The van der Waals surface area contributed by atoms with Gasteiger partial charge in [-0.05, 0) is 44.4 Å². The summed E-state index contributed by atoms with van der Waals surface area (Å²) in [5.74, 6) is 0.912. The number of hydrogen-bond donors (Lipinski definition) is 0. The van der Waals surface area contributed by atoms with Crippen molar-refractivity contribution in [2.75, 3.05) is 13.2 Å². The second-order valence-corrected chi connectivity index (χ2v) is 4.63. The monoisotopic (exact) mass is 210 g/mol. The number of hydrogen-bond acceptors (Lipinski definition) is 1. The highest BCUT2D eigenvalue weighted by molar-refractivity contribution is 4.81. The molecule has 0 bridgehead atoms. The van der Waals surface area contributed by atoms with Crippen molar-refractivity contribution in [3.05, 3.63) is 12.2 Å². The Morgan fingerprint density at radius 2 is 1.80 bits per heavy atom. The normalized spacial score (nSPS) is 16.3. The first-order chi connectivity index (χ1) is 7.43. The lowest BCUT2D eigenvalue weighted by atomic mass is 10.2. The highest BCUT2D eigenvalue weighted by atomic mass is 16.5. The summed E-state index contributed by atoms with van der Waals surface area (Å²) in [4.78, 5) is 0. The number of ether oxygens (including phenoxy) is 1. The Bertz CT molecular complexity index is 159. The van der Waals surface area contributed by atoms with E-state index in [1.54, 1.807) is 0 Å². The quantitative estimate of drug-likeness (QED) is 0.385. The van der Waals surface area contributed by atoms with Crippen molar-refractivity contribution in [3.63, 3.8) is 0 Å². The minimum absolute atomic E-state index is 0.912. The van der Waals surface area contributed by atoms with Crippen molar-refractivity contribution < 1.29 is 4.74 Å². The number of rotatable bonds is 10. The van der Waals surface area contributed by atoms with Crippen LogP contribution in [0.4, 0.5) is 0 Å². The van der Waals surface area contributed by atoms with Gasteiger partial charge in [-0.1, -0.05) is 31.9 Å². The van der Waals surface area contributed by atoms with Crippen molar-refractivity contribution in [3.8, 4) is 0 Å². The van der Waals surface area contributed by atoms with Crippen LogP contribution in [-0.4, -0.2) is 13.2 Å². The van der Waals surface area contributed by atoms with Crippen LogP contribution in [0.15, 0.2) is 12.2 Å². The van der Waals surface area contributed by atoms with E-state index in [4.69, 9.17) is 4.74 Å². The molecule has 15 heavy (non-hydrogen) atoms. The smallest absolute Gasteiger partial charge is 0.0494 e. The Hall–Kier alpha value is -0.300. The molecule has 1 aliphatic carbocycles. The molecule has 0 aliphatic heterocycles. The van der Waals surface area contributed by atoms with Crippen LogP contribution in [0.2, 0.25) is 0 Å². The van der Waals surface area contributed by atoms with E-state index in [0.29, 0.717) is 0 Å². The third kappa shape index (κ3) is 8.68. The van der Waals surface area contributed by atoms with Crippen molar-refractivity contribution in [2.24, 2.45) is 5.92 Å². The van der Waals surface area contributed by atoms with E-state index >= 15 is 0 Å². The molecule has 0 atom stereocenters. The first kappa shape index (κ1) is 12.8. The van der Waals surface area contributed by atoms with Crippen LogP contribution < -0.4 is 0 Å².